The van der Waals surface area contributed by atoms with Crippen molar-refractivity contribution in [2.75, 3.05) is 32.8 Å². The van der Waals surface area contributed by atoms with Crippen molar-refractivity contribution in [3.63, 3.8) is 0 Å². The first-order chi connectivity index (χ1) is 16.8. The normalized spacial score (nSPS) is 20.7. The Labute approximate surface area is 207 Å². The smallest absolute Gasteiger partial charge is 0.120 e. The van der Waals surface area contributed by atoms with Gasteiger partial charge in [0.25, 0.3) is 0 Å². The molecule has 2 aliphatic heterocycles. The fourth-order valence-electron chi connectivity index (χ4n) is 5.63. The molecule has 0 radical (unpaired) electrons. The molecule has 0 bridgehead atoms. The molecule has 2 atom stereocenters. The molecule has 2 heterocycles. The maximum atomic E-state index is 6.07. The molecule has 4 nitrogen and oxygen atoms in total. The summed E-state index contributed by atoms with van der Waals surface area (Å²) in [6.07, 6.45) is 10.6. The van der Waals surface area contributed by atoms with Crippen LogP contribution in [0.15, 0.2) is 54.6 Å². The van der Waals surface area contributed by atoms with E-state index in [9.17, 15) is 0 Å². The molecule has 0 aliphatic carbocycles. The van der Waals surface area contributed by atoms with Crippen LogP contribution in [-0.4, -0.2) is 43.7 Å². The van der Waals surface area contributed by atoms with Crippen LogP contribution in [0.4, 0.5) is 0 Å². The van der Waals surface area contributed by atoms with Gasteiger partial charge in [0.2, 0.25) is 0 Å². The Bertz CT molecular complexity index is 796. The third kappa shape index (κ3) is 7.74. The van der Waals surface area contributed by atoms with Crippen molar-refractivity contribution in [2.24, 2.45) is 11.8 Å². The first kappa shape index (κ1) is 25.1. The largest absolute Gasteiger partial charge is 0.494 e. The highest BCUT2D eigenvalue weighted by atomic mass is 16.5. The summed E-state index contributed by atoms with van der Waals surface area (Å²) in [6.45, 7) is 8.69. The van der Waals surface area contributed by atoms with E-state index in [1.165, 1.54) is 76.7 Å². The van der Waals surface area contributed by atoms with Gasteiger partial charge in [-0.15, -0.1) is 0 Å². The molecule has 1 N–H and O–H groups in total. The molecule has 0 aromatic heterocycles. The molecule has 34 heavy (non-hydrogen) atoms. The number of ether oxygens (including phenoxy) is 2. The number of hydrogen-bond acceptors (Lipinski definition) is 4. The van der Waals surface area contributed by atoms with Gasteiger partial charge in [-0.05, 0) is 106 Å². The van der Waals surface area contributed by atoms with Crippen molar-refractivity contribution in [1.82, 2.24) is 10.2 Å². The Balaban J connectivity index is 1.15. The highest BCUT2D eigenvalue weighted by Gasteiger charge is 2.31. The second-order valence-electron chi connectivity index (χ2n) is 10.2. The third-order valence-electron chi connectivity index (χ3n) is 7.72. The predicted molar refractivity (Wildman–Crippen MR) is 141 cm³/mol. The van der Waals surface area contributed by atoms with Gasteiger partial charge in [-0.25, -0.2) is 0 Å². The number of nitrogens with one attached hydrogen (secondary N) is 1. The summed E-state index contributed by atoms with van der Waals surface area (Å²) in [4.78, 5) is 2.83. The molecule has 4 heteroatoms. The first-order valence-corrected chi connectivity index (χ1v) is 13.7. The molecular formula is C30H44N2O2. The van der Waals surface area contributed by atoms with Crippen LogP contribution in [0, 0.1) is 11.8 Å². The van der Waals surface area contributed by atoms with Gasteiger partial charge in [0.15, 0.2) is 0 Å². The van der Waals surface area contributed by atoms with E-state index in [0.29, 0.717) is 6.61 Å². The van der Waals surface area contributed by atoms with Gasteiger partial charge >= 0.3 is 0 Å². The summed E-state index contributed by atoms with van der Waals surface area (Å²) in [7, 11) is 0. The van der Waals surface area contributed by atoms with Gasteiger partial charge in [0.1, 0.15) is 18.1 Å². The zero-order valence-corrected chi connectivity index (χ0v) is 21.1. The molecule has 0 saturated carbocycles. The van der Waals surface area contributed by atoms with Crippen molar-refractivity contribution < 1.29 is 9.47 Å². The molecule has 0 amide bonds. The van der Waals surface area contributed by atoms with Crippen molar-refractivity contribution in [2.45, 2.75) is 70.9 Å². The molecule has 2 fully saturated rings. The molecular weight excluding hydrogens is 420 g/mol. The number of rotatable bonds is 12. The summed E-state index contributed by atoms with van der Waals surface area (Å²) in [5, 5.41) is 3.65. The molecule has 2 unspecified atom stereocenters. The maximum Gasteiger partial charge on any atom is 0.120 e. The van der Waals surface area contributed by atoms with Gasteiger partial charge in [-0.1, -0.05) is 50.1 Å². The van der Waals surface area contributed by atoms with Gasteiger partial charge < -0.3 is 19.7 Å². The van der Waals surface area contributed by atoms with Crippen LogP contribution in [0.5, 0.6) is 11.5 Å². The number of benzene rings is 2. The summed E-state index contributed by atoms with van der Waals surface area (Å²) in [5.41, 5.74) is 1.18. The Morgan fingerprint density at radius 3 is 2.35 bits per heavy atom. The minimum atomic E-state index is 0.594. The number of likely N-dealkylation sites (tertiary alicyclic amines) is 1. The second-order valence-corrected chi connectivity index (χ2v) is 10.2. The van der Waals surface area contributed by atoms with Crippen molar-refractivity contribution in [3.05, 3.63) is 60.2 Å². The van der Waals surface area contributed by atoms with Gasteiger partial charge in [0.05, 0.1) is 6.61 Å². The lowest BCUT2D eigenvalue weighted by molar-refractivity contribution is 0.0716. The van der Waals surface area contributed by atoms with Crippen LogP contribution < -0.4 is 14.8 Å². The lowest BCUT2D eigenvalue weighted by Crippen LogP contribution is -2.49. The number of nitrogens with zero attached hydrogens (tertiary/aromatic N) is 1. The van der Waals surface area contributed by atoms with Gasteiger partial charge in [0, 0.05) is 6.04 Å². The minimum Gasteiger partial charge on any atom is -0.494 e. The van der Waals surface area contributed by atoms with Crippen molar-refractivity contribution in [1.29, 1.82) is 0 Å². The lowest BCUT2D eigenvalue weighted by Gasteiger charge is -2.42. The Morgan fingerprint density at radius 1 is 0.941 bits per heavy atom. The van der Waals surface area contributed by atoms with E-state index in [1.54, 1.807) is 0 Å². The molecule has 2 aromatic carbocycles. The average Bonchev–Trinajstić information content (AvgIpc) is 2.90. The maximum absolute atomic E-state index is 6.07. The van der Waals surface area contributed by atoms with E-state index in [0.717, 1.165) is 42.4 Å². The molecule has 4 rings (SSSR count). The Kier molecular flexibility index (Phi) is 10.1. The molecule has 2 saturated heterocycles. The molecule has 186 valence electrons. The van der Waals surface area contributed by atoms with Gasteiger partial charge in [-0.3, -0.25) is 0 Å². The first-order valence-electron chi connectivity index (χ1n) is 13.7. The Morgan fingerprint density at radius 2 is 1.68 bits per heavy atom. The summed E-state index contributed by atoms with van der Waals surface area (Å²) >= 11 is 0. The number of unbranched alkanes of at least 4 members (excludes halogenated alkanes) is 1. The van der Waals surface area contributed by atoms with E-state index in [4.69, 9.17) is 9.47 Å². The van der Waals surface area contributed by atoms with Crippen LogP contribution in [0.1, 0.15) is 63.9 Å². The predicted octanol–water partition coefficient (Wildman–Crippen LogP) is 6.30. The highest BCUT2D eigenvalue weighted by molar-refractivity contribution is 5.31. The zero-order chi connectivity index (χ0) is 23.4. The van der Waals surface area contributed by atoms with Gasteiger partial charge in [-0.2, -0.15) is 0 Å². The summed E-state index contributed by atoms with van der Waals surface area (Å²) < 4.78 is 12.0. The molecule has 2 aliphatic rings. The average molecular weight is 465 g/mol. The highest BCUT2D eigenvalue weighted by Crippen LogP contribution is 2.29. The van der Waals surface area contributed by atoms with Crippen LogP contribution in [0.3, 0.4) is 0 Å². The zero-order valence-electron chi connectivity index (χ0n) is 21.1. The second kappa shape index (κ2) is 13.7. The number of piperidine rings is 2. The van der Waals surface area contributed by atoms with Crippen molar-refractivity contribution >= 4 is 0 Å². The third-order valence-corrected chi connectivity index (χ3v) is 7.72. The molecule has 2 aromatic rings. The van der Waals surface area contributed by atoms with Crippen LogP contribution >= 0.6 is 0 Å². The molecule has 0 spiro atoms. The number of hydrogen-bond donors (Lipinski definition) is 1. The van der Waals surface area contributed by atoms with E-state index in [2.05, 4.69) is 29.3 Å². The minimum absolute atomic E-state index is 0.594. The lowest BCUT2D eigenvalue weighted by atomic mass is 9.85. The summed E-state index contributed by atoms with van der Waals surface area (Å²) in [5.74, 6) is 3.46. The monoisotopic (exact) mass is 464 g/mol. The summed E-state index contributed by atoms with van der Waals surface area (Å²) in [6, 6.07) is 19.1. The van der Waals surface area contributed by atoms with Crippen LogP contribution in [0.25, 0.3) is 0 Å². The standard InChI is InChI=1S/C30H44N2O2/c1-2-3-11-30(27-10-7-19-31-23-27)32-20-16-25(17-21-32)18-22-33-28-12-14-29(15-13-28)34-24-26-8-5-4-6-9-26/h4-6,8-9,12-15,25,27,30-31H,2-3,7,10-11,16-24H2,1H3. The van der Waals surface area contributed by atoms with E-state index >= 15 is 0 Å². The fraction of sp³-hybridized carbons (Fsp3) is 0.600. The van der Waals surface area contributed by atoms with Crippen molar-refractivity contribution in [3.8, 4) is 11.5 Å². The Hall–Kier alpha value is -2.04. The topological polar surface area (TPSA) is 33.7 Å². The van der Waals surface area contributed by atoms with Crippen LogP contribution in [0.2, 0.25) is 0 Å². The van der Waals surface area contributed by atoms with E-state index in [-0.39, 0.29) is 0 Å². The fourth-order valence-corrected chi connectivity index (χ4v) is 5.63. The quantitative estimate of drug-likeness (QED) is 0.399. The van der Waals surface area contributed by atoms with E-state index in [1.807, 2.05) is 42.5 Å². The van der Waals surface area contributed by atoms with E-state index < -0.39 is 0 Å². The SMILES string of the molecule is CCCCC(C1CCCNC1)N1CCC(CCOc2ccc(OCc3ccccc3)cc2)CC1. The van der Waals surface area contributed by atoms with Crippen LogP contribution in [-0.2, 0) is 6.61 Å².